The molecule has 3 amide bonds. The number of tetrazole rings is 1. The summed E-state index contributed by atoms with van der Waals surface area (Å²) in [4.78, 5) is 27.4. The first-order chi connectivity index (χ1) is 18.8. The third-order valence-electron chi connectivity index (χ3n) is 7.30. The molecule has 1 heterocycles. The van der Waals surface area contributed by atoms with Crippen LogP contribution < -0.4 is 10.6 Å². The number of carbonyl (C=O) groups is 2. The molecule has 214 valence electrons. The van der Waals surface area contributed by atoms with Gasteiger partial charge in [-0.3, -0.25) is 10.1 Å². The zero-order valence-electron chi connectivity index (χ0n) is 22.3. The summed E-state index contributed by atoms with van der Waals surface area (Å²) in [5.41, 5.74) is -0.482. The average Bonchev–Trinajstić information content (AvgIpc) is 3.41. The zero-order chi connectivity index (χ0) is 29.1. The Bertz CT molecular complexity index is 1310. The molecule has 0 saturated heterocycles. The maximum atomic E-state index is 14.4. The van der Waals surface area contributed by atoms with E-state index in [0.29, 0.717) is 48.1 Å². The molecule has 9 nitrogen and oxygen atoms in total. The molecular weight excluding hydrogens is 530 g/mol. The highest BCUT2D eigenvalue weighted by Crippen LogP contribution is 2.39. The molecule has 2 aromatic carbocycles. The number of amides is 3. The van der Waals surface area contributed by atoms with E-state index in [9.17, 15) is 27.2 Å². The van der Waals surface area contributed by atoms with Crippen molar-refractivity contribution in [3.8, 4) is 0 Å². The van der Waals surface area contributed by atoms with Gasteiger partial charge in [0.2, 0.25) is 0 Å². The lowest BCUT2D eigenvalue weighted by molar-refractivity contribution is -0.137. The number of anilines is 2. The van der Waals surface area contributed by atoms with Gasteiger partial charge in [0.15, 0.2) is 0 Å². The van der Waals surface area contributed by atoms with Gasteiger partial charge in [-0.05, 0) is 78.1 Å². The number of aromatic amines is 1. The highest BCUT2D eigenvalue weighted by Gasteiger charge is 2.35. The van der Waals surface area contributed by atoms with Crippen LogP contribution in [-0.2, 0) is 12.7 Å². The first-order valence-corrected chi connectivity index (χ1v) is 12.9. The maximum Gasteiger partial charge on any atom is 0.416 e. The van der Waals surface area contributed by atoms with Crippen LogP contribution in [0, 0.1) is 17.2 Å². The molecule has 13 heteroatoms. The molecule has 1 aliphatic carbocycles. The Balaban J connectivity index is 1.53. The number of rotatable bonds is 6. The summed E-state index contributed by atoms with van der Waals surface area (Å²) in [6, 6.07) is 7.52. The van der Waals surface area contributed by atoms with Gasteiger partial charge in [0.05, 0.1) is 11.3 Å². The summed E-state index contributed by atoms with van der Waals surface area (Å²) in [7, 11) is 0. The van der Waals surface area contributed by atoms with E-state index in [1.54, 1.807) is 24.3 Å². The van der Waals surface area contributed by atoms with Crippen molar-refractivity contribution in [1.82, 2.24) is 25.5 Å². The Hall–Kier alpha value is -4.03. The number of alkyl halides is 3. The maximum absolute atomic E-state index is 14.4. The highest BCUT2D eigenvalue weighted by atomic mass is 19.4. The molecule has 0 spiro atoms. The largest absolute Gasteiger partial charge is 0.416 e. The number of nitrogens with one attached hydrogen (secondary N) is 3. The minimum absolute atomic E-state index is 0.0182. The van der Waals surface area contributed by atoms with Crippen molar-refractivity contribution in [2.45, 2.75) is 65.2 Å². The number of carbonyl (C=O) groups excluding carboxylic acids is 2. The number of hydrogen-bond donors (Lipinski definition) is 3. The van der Waals surface area contributed by atoms with Gasteiger partial charge in [0.25, 0.3) is 11.9 Å². The van der Waals surface area contributed by atoms with E-state index in [1.807, 2.05) is 0 Å². The van der Waals surface area contributed by atoms with Crippen LogP contribution in [0.2, 0.25) is 0 Å². The Labute approximate surface area is 228 Å². The number of H-pyrrole nitrogens is 1. The predicted molar refractivity (Wildman–Crippen MR) is 140 cm³/mol. The summed E-state index contributed by atoms with van der Waals surface area (Å²) in [6.07, 6.45) is -1.52. The van der Waals surface area contributed by atoms with E-state index in [-0.39, 0.29) is 23.9 Å². The Kier molecular flexibility index (Phi) is 8.40. The van der Waals surface area contributed by atoms with Crippen LogP contribution >= 0.6 is 0 Å². The van der Waals surface area contributed by atoms with Gasteiger partial charge in [0.1, 0.15) is 5.82 Å². The van der Waals surface area contributed by atoms with Gasteiger partial charge in [-0.15, -0.1) is 5.10 Å². The Morgan fingerprint density at radius 1 is 1.00 bits per heavy atom. The lowest BCUT2D eigenvalue weighted by Crippen LogP contribution is -2.45. The molecule has 1 aliphatic rings. The molecule has 1 fully saturated rings. The highest BCUT2D eigenvalue weighted by molar-refractivity contribution is 6.03. The molecule has 0 aliphatic heterocycles. The summed E-state index contributed by atoms with van der Waals surface area (Å²) >= 11 is 0. The Morgan fingerprint density at radius 2 is 1.68 bits per heavy atom. The number of urea groups is 1. The fourth-order valence-corrected chi connectivity index (χ4v) is 4.95. The second kappa shape index (κ2) is 11.6. The molecule has 0 atom stereocenters. The van der Waals surface area contributed by atoms with Crippen molar-refractivity contribution in [3.05, 3.63) is 65.0 Å². The van der Waals surface area contributed by atoms with E-state index < -0.39 is 35.2 Å². The zero-order valence-corrected chi connectivity index (χ0v) is 22.3. The summed E-state index contributed by atoms with van der Waals surface area (Å²) in [5.74, 6) is -0.936. The summed E-state index contributed by atoms with van der Waals surface area (Å²) < 4.78 is 54.1. The standard InChI is InChI=1S/C27H31F4N7O2/c1-26(2,3)18-8-11-20(12-9-18)38(25(40)32-22-14-19(27(29,30)31)10-13-21(22)28)15-16-4-6-17(7-5-16)23(39)33-24-34-36-37-35-24/h4-7,10,13-14,18,20H,8-9,11-12,15H2,1-3H3,(H,32,40)(H2,33,34,35,36,37,39). The number of halogens is 4. The fraction of sp³-hybridized carbons (Fsp3) is 0.444. The van der Waals surface area contributed by atoms with Gasteiger partial charge in [0, 0.05) is 18.2 Å². The first-order valence-electron chi connectivity index (χ1n) is 12.9. The number of aromatic nitrogens is 4. The van der Waals surface area contributed by atoms with Gasteiger partial charge in [-0.2, -0.15) is 18.4 Å². The van der Waals surface area contributed by atoms with Crippen LogP contribution in [0.5, 0.6) is 0 Å². The molecular formula is C27H31F4N7O2. The van der Waals surface area contributed by atoms with E-state index in [4.69, 9.17) is 0 Å². The van der Waals surface area contributed by atoms with E-state index >= 15 is 0 Å². The first kappa shape index (κ1) is 29.0. The van der Waals surface area contributed by atoms with Crippen molar-refractivity contribution in [3.63, 3.8) is 0 Å². The van der Waals surface area contributed by atoms with Crippen LogP contribution in [0.4, 0.5) is 34.0 Å². The van der Waals surface area contributed by atoms with E-state index in [1.165, 1.54) is 4.90 Å². The number of nitrogens with zero attached hydrogens (tertiary/aromatic N) is 4. The van der Waals surface area contributed by atoms with Crippen molar-refractivity contribution in [1.29, 1.82) is 0 Å². The number of hydrogen-bond acceptors (Lipinski definition) is 5. The fourth-order valence-electron chi connectivity index (χ4n) is 4.95. The topological polar surface area (TPSA) is 116 Å². The quantitative estimate of drug-likeness (QED) is 0.308. The monoisotopic (exact) mass is 561 g/mol. The van der Waals surface area contributed by atoms with Crippen molar-refractivity contribution < 1.29 is 27.2 Å². The van der Waals surface area contributed by atoms with Crippen LogP contribution in [-0.4, -0.2) is 43.5 Å². The minimum Gasteiger partial charge on any atom is -0.317 e. The van der Waals surface area contributed by atoms with Crippen LogP contribution in [0.1, 0.15) is 67.9 Å². The van der Waals surface area contributed by atoms with Crippen LogP contribution in [0.3, 0.4) is 0 Å². The predicted octanol–water partition coefficient (Wildman–Crippen LogP) is 6.25. The summed E-state index contributed by atoms with van der Waals surface area (Å²) in [6.45, 7) is 6.64. The average molecular weight is 562 g/mol. The molecule has 0 unspecified atom stereocenters. The van der Waals surface area contributed by atoms with Crippen molar-refractivity contribution >= 4 is 23.6 Å². The third kappa shape index (κ3) is 7.13. The van der Waals surface area contributed by atoms with E-state index in [2.05, 4.69) is 52.0 Å². The normalized spacial score (nSPS) is 17.8. The summed E-state index contributed by atoms with van der Waals surface area (Å²) in [5, 5.41) is 17.8. The second-order valence-corrected chi connectivity index (χ2v) is 11.0. The molecule has 1 aromatic heterocycles. The number of benzene rings is 2. The van der Waals surface area contributed by atoms with Crippen LogP contribution in [0.15, 0.2) is 42.5 Å². The minimum atomic E-state index is -4.68. The SMILES string of the molecule is CC(C)(C)C1CCC(N(Cc2ccc(C(=O)Nc3nn[nH]n3)cc2)C(=O)Nc2cc(C(F)(F)F)ccc2F)CC1. The Morgan fingerprint density at radius 3 is 2.25 bits per heavy atom. The molecule has 1 saturated carbocycles. The lowest BCUT2D eigenvalue weighted by Gasteiger charge is -2.41. The van der Waals surface area contributed by atoms with Gasteiger partial charge >= 0.3 is 12.2 Å². The van der Waals surface area contributed by atoms with Crippen molar-refractivity contribution in [2.75, 3.05) is 10.6 Å². The molecule has 3 aromatic rings. The third-order valence-corrected chi connectivity index (χ3v) is 7.30. The lowest BCUT2D eigenvalue weighted by atomic mass is 9.71. The van der Waals surface area contributed by atoms with Crippen molar-refractivity contribution in [2.24, 2.45) is 11.3 Å². The van der Waals surface area contributed by atoms with E-state index in [0.717, 1.165) is 12.8 Å². The molecule has 40 heavy (non-hydrogen) atoms. The second-order valence-electron chi connectivity index (χ2n) is 11.0. The van der Waals surface area contributed by atoms with Crippen LogP contribution in [0.25, 0.3) is 0 Å². The molecule has 0 radical (unpaired) electrons. The molecule has 4 rings (SSSR count). The molecule has 3 N–H and O–H groups in total. The van der Waals surface area contributed by atoms with Gasteiger partial charge in [-0.25, -0.2) is 9.18 Å². The van der Waals surface area contributed by atoms with Gasteiger partial charge in [-0.1, -0.05) is 38.0 Å². The smallest absolute Gasteiger partial charge is 0.317 e. The van der Waals surface area contributed by atoms with Gasteiger partial charge < -0.3 is 10.2 Å². The molecule has 0 bridgehead atoms.